The van der Waals surface area contributed by atoms with Crippen LogP contribution in [-0.4, -0.2) is 50.2 Å². The van der Waals surface area contributed by atoms with Crippen LogP contribution < -0.4 is 0 Å². The molecule has 1 aromatic heterocycles. The Hall–Kier alpha value is -5.43. The van der Waals surface area contributed by atoms with Crippen molar-refractivity contribution in [1.82, 2.24) is 9.47 Å². The molecule has 0 unspecified atom stereocenters. The summed E-state index contributed by atoms with van der Waals surface area (Å²) >= 11 is 0. The summed E-state index contributed by atoms with van der Waals surface area (Å²) in [5.41, 5.74) is 3.26. The molecule has 7 heteroatoms. The predicted molar refractivity (Wildman–Crippen MR) is 226 cm³/mol. The van der Waals surface area contributed by atoms with E-state index in [0.29, 0.717) is 46.4 Å². The number of aliphatic hydroxyl groups is 2. The third-order valence-electron chi connectivity index (χ3n) is 10.3. The van der Waals surface area contributed by atoms with E-state index in [-0.39, 0.29) is 35.5 Å². The highest BCUT2D eigenvalue weighted by atomic mass is 16.3. The lowest BCUT2D eigenvalue weighted by Crippen LogP contribution is -2.35. The molecule has 0 saturated heterocycles. The fourth-order valence-corrected chi connectivity index (χ4v) is 7.13. The van der Waals surface area contributed by atoms with Crippen molar-refractivity contribution >= 4 is 50.8 Å². The Labute approximate surface area is 326 Å². The maximum Gasteiger partial charge on any atom is 0.242 e. The zero-order chi connectivity index (χ0) is 39.0. The Morgan fingerprint density at radius 2 is 0.927 bits per heavy atom. The van der Waals surface area contributed by atoms with Crippen molar-refractivity contribution in [2.45, 2.75) is 97.4 Å². The number of fused-ring (bicyclic) bond motifs is 3. The van der Waals surface area contributed by atoms with Crippen molar-refractivity contribution in [3.05, 3.63) is 131 Å². The third kappa shape index (κ3) is 11.3. The average molecular weight is 741 g/mol. The van der Waals surface area contributed by atoms with Crippen molar-refractivity contribution in [2.75, 3.05) is 13.1 Å². The number of hydrogen-bond donors (Lipinski definition) is 2. The van der Waals surface area contributed by atoms with E-state index in [1.165, 1.54) is 63.5 Å². The molecule has 0 aliphatic carbocycles. The minimum Gasteiger partial charge on any atom is -0.507 e. The van der Waals surface area contributed by atoms with E-state index in [4.69, 9.17) is 0 Å². The number of rotatable bonds is 22. The first-order valence-electron chi connectivity index (χ1n) is 20.1. The van der Waals surface area contributed by atoms with Crippen LogP contribution in [0.5, 0.6) is 0 Å². The summed E-state index contributed by atoms with van der Waals surface area (Å²) in [5.74, 6) is -0.966. The summed E-state index contributed by atoms with van der Waals surface area (Å²) in [5, 5.41) is 24.1. The second kappa shape index (κ2) is 20.9. The van der Waals surface area contributed by atoms with E-state index < -0.39 is 0 Å². The molecule has 288 valence electrons. The molecule has 55 heavy (non-hydrogen) atoms. The van der Waals surface area contributed by atoms with E-state index in [1.54, 1.807) is 60.7 Å². The van der Waals surface area contributed by atoms with Crippen molar-refractivity contribution < 1.29 is 24.6 Å². The van der Waals surface area contributed by atoms with Crippen LogP contribution in [0.15, 0.2) is 109 Å². The van der Waals surface area contributed by atoms with E-state index >= 15 is 0 Å². The molecule has 5 aromatic rings. The van der Waals surface area contributed by atoms with Gasteiger partial charge in [0.2, 0.25) is 5.91 Å². The van der Waals surface area contributed by atoms with E-state index in [1.807, 2.05) is 45.9 Å². The molecule has 0 spiro atoms. The molecular formula is C48H56N2O5. The number of aromatic nitrogens is 1. The van der Waals surface area contributed by atoms with Crippen LogP contribution >= 0.6 is 0 Å². The van der Waals surface area contributed by atoms with Crippen LogP contribution in [0, 0.1) is 0 Å². The van der Waals surface area contributed by atoms with Gasteiger partial charge in [0, 0.05) is 58.3 Å². The van der Waals surface area contributed by atoms with Crippen LogP contribution in [0.2, 0.25) is 0 Å². The maximum absolute atomic E-state index is 14.4. The number of aliphatic hydroxyl groups excluding tert-OH is 2. The Kier molecular flexibility index (Phi) is 15.5. The van der Waals surface area contributed by atoms with Crippen LogP contribution in [0.4, 0.5) is 0 Å². The fourth-order valence-electron chi connectivity index (χ4n) is 7.13. The zero-order valence-electron chi connectivity index (χ0n) is 32.5. The summed E-state index contributed by atoms with van der Waals surface area (Å²) < 4.78 is 1.94. The largest absolute Gasteiger partial charge is 0.507 e. The minimum atomic E-state index is -0.314. The number of hydrogen-bond acceptors (Lipinski definition) is 5. The highest BCUT2D eigenvalue weighted by Crippen LogP contribution is 2.33. The van der Waals surface area contributed by atoms with Crippen molar-refractivity contribution in [2.24, 2.45) is 0 Å². The number of allylic oxidation sites excluding steroid dienone is 2. The van der Waals surface area contributed by atoms with Crippen LogP contribution in [-0.2, 0) is 11.3 Å². The Balaban J connectivity index is 1.51. The van der Waals surface area contributed by atoms with Gasteiger partial charge in [-0.2, -0.15) is 0 Å². The van der Waals surface area contributed by atoms with E-state index in [2.05, 4.69) is 13.8 Å². The predicted octanol–water partition coefficient (Wildman–Crippen LogP) is 11.9. The molecule has 5 rings (SSSR count). The lowest BCUT2D eigenvalue weighted by Gasteiger charge is -2.24. The number of carbonyl (C=O) groups excluding carboxylic acids is 3. The quantitative estimate of drug-likeness (QED) is 0.0318. The summed E-state index contributed by atoms with van der Waals surface area (Å²) in [6.45, 7) is 5.88. The number of carbonyl (C=O) groups is 3. The fraction of sp³-hybridized carbons (Fsp3) is 0.354. The monoisotopic (exact) mass is 740 g/mol. The molecule has 0 aliphatic heterocycles. The van der Waals surface area contributed by atoms with Gasteiger partial charge in [0.1, 0.15) is 18.1 Å². The SMILES string of the molecule is CCCCCCCCN(CCCCCCCC)C(=O)Cn1c2cc(/C(O)=C/C(=O)c3ccccc3)ccc2c2ccc(/C(O)=C/C(=O)c3ccccc3)cc21. The first kappa shape index (κ1) is 40.7. The molecule has 0 aliphatic rings. The van der Waals surface area contributed by atoms with E-state index in [9.17, 15) is 24.6 Å². The van der Waals surface area contributed by atoms with Gasteiger partial charge < -0.3 is 19.7 Å². The van der Waals surface area contributed by atoms with E-state index in [0.717, 1.165) is 36.5 Å². The van der Waals surface area contributed by atoms with Gasteiger partial charge in [-0.15, -0.1) is 0 Å². The van der Waals surface area contributed by atoms with Crippen LogP contribution in [0.3, 0.4) is 0 Å². The van der Waals surface area contributed by atoms with Gasteiger partial charge in [0.05, 0.1) is 11.0 Å². The average Bonchev–Trinajstić information content (AvgIpc) is 3.51. The van der Waals surface area contributed by atoms with Gasteiger partial charge >= 0.3 is 0 Å². The smallest absolute Gasteiger partial charge is 0.242 e. The molecule has 1 heterocycles. The number of unbranched alkanes of at least 4 members (excludes halogenated alkanes) is 10. The normalized spacial score (nSPS) is 12.0. The van der Waals surface area contributed by atoms with Gasteiger partial charge in [0.15, 0.2) is 11.6 Å². The first-order chi connectivity index (χ1) is 26.8. The number of nitrogens with zero attached hydrogens (tertiary/aromatic N) is 2. The lowest BCUT2D eigenvalue weighted by atomic mass is 10.0. The molecular weight excluding hydrogens is 685 g/mol. The van der Waals surface area contributed by atoms with Crippen molar-refractivity contribution in [3.63, 3.8) is 0 Å². The molecule has 0 fully saturated rings. The molecule has 0 radical (unpaired) electrons. The topological polar surface area (TPSA) is 99.8 Å². The van der Waals surface area contributed by atoms with Gasteiger partial charge in [-0.25, -0.2) is 0 Å². The zero-order valence-corrected chi connectivity index (χ0v) is 32.5. The molecule has 0 atom stereocenters. The molecule has 7 nitrogen and oxygen atoms in total. The summed E-state index contributed by atoms with van der Waals surface area (Å²) in [6.07, 6.45) is 16.1. The number of benzene rings is 4. The first-order valence-corrected chi connectivity index (χ1v) is 20.1. The molecule has 4 aromatic carbocycles. The standard InChI is InChI=1S/C48H56N2O5/c1-3-5-7-9-11-19-29-49(30-20-12-10-8-6-4-2)48(55)35-50-42-31-38(46(53)33-44(51)36-21-15-13-16-22-36)25-27-40(42)41-28-26-39(32-43(41)50)47(54)34-45(52)37-23-17-14-18-24-37/h13-18,21-28,31-34,53-54H,3-12,19-20,29-30,35H2,1-2H3/b46-33-,47-34-. The summed E-state index contributed by atoms with van der Waals surface area (Å²) in [7, 11) is 0. The Morgan fingerprint density at radius 1 is 0.527 bits per heavy atom. The molecule has 0 bridgehead atoms. The minimum absolute atomic E-state index is 0.00904. The van der Waals surface area contributed by atoms with Gasteiger partial charge in [-0.1, -0.05) is 163 Å². The number of amides is 1. The highest BCUT2D eigenvalue weighted by Gasteiger charge is 2.20. The summed E-state index contributed by atoms with van der Waals surface area (Å²) in [6, 6.07) is 28.5. The second-order valence-electron chi connectivity index (χ2n) is 14.5. The molecule has 2 N–H and O–H groups in total. The molecule has 0 saturated carbocycles. The van der Waals surface area contributed by atoms with Crippen LogP contribution in [0.1, 0.15) is 123 Å². The highest BCUT2D eigenvalue weighted by molar-refractivity contribution is 6.12. The van der Waals surface area contributed by atoms with Gasteiger partial charge in [-0.3, -0.25) is 14.4 Å². The lowest BCUT2D eigenvalue weighted by molar-refractivity contribution is -0.131. The third-order valence-corrected chi connectivity index (χ3v) is 10.3. The van der Waals surface area contributed by atoms with Crippen molar-refractivity contribution in [1.29, 1.82) is 0 Å². The Morgan fingerprint density at radius 3 is 1.35 bits per heavy atom. The van der Waals surface area contributed by atoms with Crippen molar-refractivity contribution in [3.8, 4) is 0 Å². The number of ketones is 2. The van der Waals surface area contributed by atoms with Crippen LogP contribution in [0.25, 0.3) is 33.3 Å². The van der Waals surface area contributed by atoms with Gasteiger partial charge in [-0.05, 0) is 25.0 Å². The molecule has 1 amide bonds. The maximum atomic E-state index is 14.4. The van der Waals surface area contributed by atoms with Gasteiger partial charge in [0.25, 0.3) is 0 Å². The second-order valence-corrected chi connectivity index (χ2v) is 14.5. The Bertz CT molecular complexity index is 1950. The summed E-state index contributed by atoms with van der Waals surface area (Å²) in [4.78, 5) is 42.3.